The summed E-state index contributed by atoms with van der Waals surface area (Å²) in [5.74, 6) is 1.86. The van der Waals surface area contributed by atoms with Gasteiger partial charge in [0, 0.05) is 6.42 Å². The minimum atomic E-state index is -1.31. The van der Waals surface area contributed by atoms with Gasteiger partial charge in [-0.05, 0) is 120 Å². The fourth-order valence-electron chi connectivity index (χ4n) is 9.38. The number of carbonyl (C=O) groups excluding carboxylic acids is 1. The first-order valence-electron chi connectivity index (χ1n) is 24.0. The molecule has 0 aromatic carbocycles. The molecule has 0 aliphatic heterocycles. The van der Waals surface area contributed by atoms with Crippen molar-refractivity contribution in [2.24, 2.45) is 23.7 Å². The summed E-state index contributed by atoms with van der Waals surface area (Å²) in [5, 5.41) is 0. The van der Waals surface area contributed by atoms with Gasteiger partial charge < -0.3 is 19.5 Å². The maximum absolute atomic E-state index is 15.0. The zero-order valence-corrected chi connectivity index (χ0v) is 37.3. The van der Waals surface area contributed by atoms with Crippen LogP contribution in [-0.2, 0) is 34.1 Å². The molecule has 2 aliphatic rings. The van der Waals surface area contributed by atoms with Crippen LogP contribution in [-0.4, -0.2) is 38.5 Å². The fourth-order valence-corrected chi connectivity index (χ4v) is 9.38. The zero-order chi connectivity index (χ0) is 42.4. The third-order valence-electron chi connectivity index (χ3n) is 12.7. The number of halogens is 2. The van der Waals surface area contributed by atoms with Gasteiger partial charge in [0.1, 0.15) is 24.4 Å². The average Bonchev–Trinajstić information content (AvgIpc) is 3.25. The summed E-state index contributed by atoms with van der Waals surface area (Å²) in [4.78, 5) is 42.7. The lowest BCUT2D eigenvalue weighted by Crippen LogP contribution is -2.38. The van der Waals surface area contributed by atoms with Crippen LogP contribution in [0.5, 0.6) is 0 Å². The Bertz CT molecular complexity index is 1140. The van der Waals surface area contributed by atoms with Crippen LogP contribution in [0.4, 0.5) is 8.78 Å². The number of aldehydes is 1. The molecular formula is C50H84F2O7. The lowest BCUT2D eigenvalue weighted by Gasteiger charge is -2.41. The maximum atomic E-state index is 15.0. The number of hydrogen-bond donors (Lipinski definition) is 0. The Kier molecular flexibility index (Phi) is 33.4. The topological polar surface area (TPSA) is 72.5 Å². The number of allylic oxidation sites excluding steroid dienone is 2. The van der Waals surface area contributed by atoms with Crippen LogP contribution < -0.4 is 0 Å². The van der Waals surface area contributed by atoms with E-state index in [9.17, 15) is 9.18 Å². The predicted octanol–water partition coefficient (Wildman–Crippen LogP) is 15.2. The highest BCUT2D eigenvalue weighted by atomic mass is 19.2. The van der Waals surface area contributed by atoms with E-state index in [1.54, 1.807) is 0 Å². The van der Waals surface area contributed by atoms with Gasteiger partial charge in [-0.2, -0.15) is 14.7 Å². The molecule has 0 N–H and O–H groups in total. The monoisotopic (exact) mass is 835 g/mol. The van der Waals surface area contributed by atoms with E-state index in [0.29, 0.717) is 38.1 Å². The second-order valence-electron chi connectivity index (χ2n) is 17.2. The van der Waals surface area contributed by atoms with Crippen LogP contribution in [0.15, 0.2) is 48.5 Å². The van der Waals surface area contributed by atoms with Crippen molar-refractivity contribution in [1.29, 1.82) is 0 Å². The molecule has 2 fully saturated rings. The third-order valence-corrected chi connectivity index (χ3v) is 12.7. The van der Waals surface area contributed by atoms with Crippen molar-refractivity contribution in [3.63, 3.8) is 0 Å². The molecule has 0 bridgehead atoms. The molecule has 0 aromatic heterocycles. The predicted molar refractivity (Wildman–Crippen MR) is 234 cm³/mol. The van der Waals surface area contributed by atoms with Crippen molar-refractivity contribution >= 4 is 6.29 Å². The van der Waals surface area contributed by atoms with Gasteiger partial charge in [-0.1, -0.05) is 134 Å². The molecule has 0 amide bonds. The number of unbranched alkanes of at least 4 members (excludes halogenated alkanes) is 19. The van der Waals surface area contributed by atoms with Crippen molar-refractivity contribution in [2.45, 2.75) is 218 Å². The molecular weight excluding hydrogens is 751 g/mol. The lowest BCUT2D eigenvalue weighted by atomic mass is 9.66. The highest BCUT2D eigenvalue weighted by molar-refractivity contribution is 5.48. The molecule has 2 saturated carbocycles. The van der Waals surface area contributed by atoms with Gasteiger partial charge in [0.25, 0.3) is 0 Å². The normalized spacial score (nSPS) is 21.4. The van der Waals surface area contributed by atoms with Crippen molar-refractivity contribution in [3.05, 3.63) is 48.5 Å². The average molecular weight is 835 g/mol. The van der Waals surface area contributed by atoms with Crippen molar-refractivity contribution in [2.75, 3.05) is 19.8 Å². The first kappa shape index (κ1) is 52.7. The number of alkyl halides is 2. The first-order chi connectivity index (χ1) is 29.0. The van der Waals surface area contributed by atoms with E-state index in [-0.39, 0.29) is 11.8 Å². The van der Waals surface area contributed by atoms with Gasteiger partial charge in [0.2, 0.25) is 0 Å². The largest absolute Gasteiger partial charge is 0.342 e. The first-order valence-corrected chi connectivity index (χ1v) is 24.0. The highest BCUT2D eigenvalue weighted by Gasteiger charge is 2.41. The summed E-state index contributed by atoms with van der Waals surface area (Å²) in [6.45, 7) is 10.7. The number of hydrogen-bond acceptors (Lipinski definition) is 7. The summed E-state index contributed by atoms with van der Waals surface area (Å²) in [6.07, 6.45) is 34.3. The molecule has 0 radical (unpaired) electrons. The minimum Gasteiger partial charge on any atom is -0.342 e. The minimum absolute atomic E-state index is 0.135. The Hall–Kier alpha value is -2.41. The fraction of sp³-hybridized carbons (Fsp3) is 0.820. The highest BCUT2D eigenvalue weighted by Crippen LogP contribution is 2.46. The van der Waals surface area contributed by atoms with Crippen LogP contribution in [0.3, 0.4) is 0 Å². The van der Waals surface area contributed by atoms with Gasteiger partial charge in [-0.25, -0.2) is 8.78 Å². The second-order valence-corrected chi connectivity index (χ2v) is 17.2. The molecule has 4 unspecified atom stereocenters. The molecule has 2 aliphatic carbocycles. The van der Waals surface area contributed by atoms with E-state index in [1.165, 1.54) is 88.7 Å². The van der Waals surface area contributed by atoms with Crippen LogP contribution in [0.1, 0.15) is 206 Å². The van der Waals surface area contributed by atoms with Crippen molar-refractivity contribution < 1.29 is 42.9 Å². The smallest absolute Gasteiger partial charge is 0.171 e. The molecule has 0 spiro atoms. The van der Waals surface area contributed by atoms with E-state index in [2.05, 4.69) is 31.5 Å². The van der Waals surface area contributed by atoms with Crippen LogP contribution in [0.25, 0.3) is 0 Å². The molecule has 7 nitrogen and oxygen atoms in total. The zero-order valence-electron chi connectivity index (χ0n) is 37.3. The molecule has 0 aromatic rings. The Morgan fingerprint density at radius 2 is 1.12 bits per heavy atom. The van der Waals surface area contributed by atoms with Crippen molar-refractivity contribution in [1.82, 2.24) is 0 Å². The number of carbonyl (C=O) groups is 1. The van der Waals surface area contributed by atoms with Gasteiger partial charge in [0.05, 0.1) is 19.8 Å². The van der Waals surface area contributed by atoms with Crippen LogP contribution in [0.2, 0.25) is 0 Å². The molecule has 9 heteroatoms. The molecule has 0 saturated heterocycles. The number of rotatable bonds is 39. The van der Waals surface area contributed by atoms with E-state index < -0.39 is 12.3 Å². The molecule has 0 heterocycles. The van der Waals surface area contributed by atoms with Gasteiger partial charge in [0.15, 0.2) is 12.5 Å². The standard InChI is InChI=1S/C50H84F2O7/c1-4-38-54-56-40-25-20-17-22-29-46(43(3)59-58-42-26-19-16-14-12-10-8-6-7-9-11-13-15-18-24-37-53)47(30-23-21-27-41-57-55-39-5-2)44-33-35-45(36-34-44)48-31-28-32-49(51)50(48)52/h37-39,44-45,47-50H,1-2,6-36,40-42H2,3H3/b46-43+. The maximum Gasteiger partial charge on any atom is 0.171 e. The van der Waals surface area contributed by atoms with E-state index >= 15 is 4.39 Å². The summed E-state index contributed by atoms with van der Waals surface area (Å²) in [7, 11) is 0. The Balaban J connectivity index is 1.90. The summed E-state index contributed by atoms with van der Waals surface area (Å²) >= 11 is 0. The van der Waals surface area contributed by atoms with Gasteiger partial charge in [-0.3, -0.25) is 0 Å². The summed E-state index contributed by atoms with van der Waals surface area (Å²) in [5.41, 5.74) is 6.44. The Morgan fingerprint density at radius 3 is 1.66 bits per heavy atom. The molecule has 2 rings (SSSR count). The molecule has 4 atom stereocenters. The summed E-state index contributed by atoms with van der Waals surface area (Å²) in [6, 6.07) is 0. The third kappa shape index (κ3) is 25.8. The van der Waals surface area contributed by atoms with Crippen LogP contribution in [0, 0.1) is 23.7 Å². The van der Waals surface area contributed by atoms with E-state index in [1.807, 2.05) is 0 Å². The van der Waals surface area contributed by atoms with Gasteiger partial charge in [-0.15, -0.1) is 0 Å². The Morgan fingerprint density at radius 1 is 0.627 bits per heavy atom. The quantitative estimate of drug-likeness (QED) is 0.0152. The second kappa shape index (κ2) is 37.4. The van der Waals surface area contributed by atoms with E-state index in [4.69, 9.17) is 29.3 Å². The molecule has 59 heavy (non-hydrogen) atoms. The van der Waals surface area contributed by atoms with Gasteiger partial charge >= 0.3 is 0 Å². The Labute approximate surface area is 358 Å². The van der Waals surface area contributed by atoms with Crippen molar-refractivity contribution in [3.8, 4) is 0 Å². The summed E-state index contributed by atoms with van der Waals surface area (Å²) < 4.78 is 29.4. The molecule has 340 valence electrons. The lowest BCUT2D eigenvalue weighted by molar-refractivity contribution is -0.263. The van der Waals surface area contributed by atoms with E-state index in [0.717, 1.165) is 134 Å². The SMILES string of the molecule is C=C=COOCCCCCC/C(=C(/C)OOCCCCCCCCCCCCCCCCC=O)C(CCCCCOOC=C=C)C1CCC(C2CCCC(F)C2F)CC1. The van der Waals surface area contributed by atoms with Crippen LogP contribution >= 0.6 is 0 Å².